The number of likely N-dealkylation sites (N-methyl/N-ethyl adjacent to an activating group) is 1. The lowest BCUT2D eigenvalue weighted by atomic mass is 10.0. The molecule has 0 aliphatic rings. The minimum Gasteiger partial charge on any atom is -0.361 e. The number of hydrogen-bond acceptors (Lipinski definition) is 4. The molecule has 6 nitrogen and oxygen atoms in total. The Morgan fingerprint density at radius 1 is 1.13 bits per heavy atom. The van der Waals surface area contributed by atoms with Crippen molar-refractivity contribution in [3.8, 4) is 0 Å². The number of rotatable bonds is 9. The van der Waals surface area contributed by atoms with Gasteiger partial charge in [-0.2, -0.15) is 0 Å². The molecule has 9 heteroatoms. The highest BCUT2D eigenvalue weighted by atomic mass is 127. The van der Waals surface area contributed by atoms with Crippen LogP contribution in [0.3, 0.4) is 0 Å². The first-order chi connectivity index (χ1) is 13.9. The fourth-order valence-electron chi connectivity index (χ4n) is 3.18. The Morgan fingerprint density at radius 3 is 2.33 bits per heavy atom. The second-order valence-electron chi connectivity index (χ2n) is 6.93. The summed E-state index contributed by atoms with van der Waals surface area (Å²) in [6, 6.07) is 3.43. The summed E-state index contributed by atoms with van der Waals surface area (Å²) in [6.07, 6.45) is 1.52. The van der Waals surface area contributed by atoms with Gasteiger partial charge < -0.3 is 20.1 Å². The van der Waals surface area contributed by atoms with Crippen LogP contribution in [-0.4, -0.2) is 43.2 Å². The van der Waals surface area contributed by atoms with E-state index < -0.39 is 17.7 Å². The number of nitrogens with one attached hydrogen (secondary N) is 2. The second-order valence-corrected chi connectivity index (χ2v) is 6.93. The number of guanidine groups is 1. The van der Waals surface area contributed by atoms with Gasteiger partial charge in [-0.25, -0.2) is 13.8 Å². The molecule has 168 valence electrons. The van der Waals surface area contributed by atoms with Crippen LogP contribution in [0.15, 0.2) is 27.7 Å². The van der Waals surface area contributed by atoms with E-state index in [1.165, 1.54) is 18.2 Å². The molecular weight excluding hydrogens is 503 g/mol. The number of benzene rings is 1. The fourth-order valence-corrected chi connectivity index (χ4v) is 3.18. The van der Waals surface area contributed by atoms with Crippen LogP contribution in [0.5, 0.6) is 0 Å². The van der Waals surface area contributed by atoms with Gasteiger partial charge in [-0.1, -0.05) is 25.1 Å². The number of aromatic nitrogens is 1. The molecule has 0 saturated heterocycles. The highest BCUT2D eigenvalue weighted by Gasteiger charge is 2.22. The summed E-state index contributed by atoms with van der Waals surface area (Å²) < 4.78 is 33.9. The molecule has 0 fully saturated rings. The summed E-state index contributed by atoms with van der Waals surface area (Å²) in [4.78, 5) is 6.41. The smallest absolute Gasteiger partial charge is 0.191 e. The van der Waals surface area contributed by atoms with Gasteiger partial charge in [-0.05, 0) is 39.6 Å². The third kappa shape index (κ3) is 6.63. The van der Waals surface area contributed by atoms with Crippen LogP contribution in [0.25, 0.3) is 0 Å². The number of nitrogens with zero attached hydrogens (tertiary/aromatic N) is 3. The minimum absolute atomic E-state index is 0. The van der Waals surface area contributed by atoms with Crippen LogP contribution in [0.4, 0.5) is 8.78 Å². The van der Waals surface area contributed by atoms with Crippen LogP contribution in [0.1, 0.15) is 49.4 Å². The molecule has 1 unspecified atom stereocenters. The monoisotopic (exact) mass is 535 g/mol. The number of aryl methyl sites for hydroxylation is 2. The van der Waals surface area contributed by atoms with Gasteiger partial charge in [0.05, 0.1) is 18.3 Å². The van der Waals surface area contributed by atoms with E-state index in [1.54, 1.807) is 19.0 Å². The molecule has 0 bridgehead atoms. The van der Waals surface area contributed by atoms with E-state index >= 15 is 0 Å². The van der Waals surface area contributed by atoms with Crippen molar-refractivity contribution in [2.45, 2.75) is 46.2 Å². The zero-order valence-corrected chi connectivity index (χ0v) is 20.6. The third-order valence-corrected chi connectivity index (χ3v) is 4.77. The van der Waals surface area contributed by atoms with Crippen molar-refractivity contribution >= 4 is 29.9 Å². The summed E-state index contributed by atoms with van der Waals surface area (Å²) >= 11 is 0. The van der Waals surface area contributed by atoms with Gasteiger partial charge in [-0.15, -0.1) is 24.0 Å². The normalized spacial score (nSPS) is 12.6. The molecule has 1 atom stereocenters. The Labute approximate surface area is 194 Å². The zero-order chi connectivity index (χ0) is 21.4. The van der Waals surface area contributed by atoms with Crippen molar-refractivity contribution in [1.82, 2.24) is 20.7 Å². The summed E-state index contributed by atoms with van der Waals surface area (Å²) in [7, 11) is 3.58. The van der Waals surface area contributed by atoms with Gasteiger partial charge in [-0.3, -0.25) is 0 Å². The van der Waals surface area contributed by atoms with E-state index in [4.69, 9.17) is 4.52 Å². The van der Waals surface area contributed by atoms with Gasteiger partial charge >= 0.3 is 0 Å². The standard InChI is InChI=1S/C21H31F2N5O.HI/c1-6-17-14(19(7-2)29-27-17)12-25-21(24-8-3)26-13-18(28(4)5)20-15(22)10-9-11-16(20)23;/h9-11,18H,6-8,12-13H2,1-5H3,(H2,24,25,26);1H. The Hall–Kier alpha value is -1.75. The first kappa shape index (κ1) is 26.3. The van der Waals surface area contributed by atoms with Crippen molar-refractivity contribution in [2.24, 2.45) is 4.99 Å². The number of halogens is 3. The molecule has 1 aromatic carbocycles. The number of aliphatic imine (C=N–C) groups is 1. The average Bonchev–Trinajstić information content (AvgIpc) is 3.09. The predicted octanol–water partition coefficient (Wildman–Crippen LogP) is 4.05. The van der Waals surface area contributed by atoms with Gasteiger partial charge in [0.2, 0.25) is 0 Å². The molecule has 0 radical (unpaired) electrons. The summed E-state index contributed by atoms with van der Waals surface area (Å²) in [6.45, 7) is 7.39. The average molecular weight is 535 g/mol. The molecule has 2 aromatic rings. The topological polar surface area (TPSA) is 65.7 Å². The molecule has 1 aromatic heterocycles. The molecule has 0 saturated carbocycles. The Kier molecular flexibility index (Phi) is 11.2. The summed E-state index contributed by atoms with van der Waals surface area (Å²) in [5, 5.41) is 10.5. The van der Waals surface area contributed by atoms with Crippen molar-refractivity contribution in [3.63, 3.8) is 0 Å². The van der Waals surface area contributed by atoms with E-state index in [1.807, 2.05) is 20.8 Å². The maximum Gasteiger partial charge on any atom is 0.191 e. The molecule has 0 aliphatic carbocycles. The third-order valence-electron chi connectivity index (χ3n) is 4.77. The van der Waals surface area contributed by atoms with Crippen LogP contribution in [-0.2, 0) is 19.4 Å². The Morgan fingerprint density at radius 2 is 1.80 bits per heavy atom. The zero-order valence-electron chi connectivity index (χ0n) is 18.3. The lowest BCUT2D eigenvalue weighted by Gasteiger charge is -2.26. The van der Waals surface area contributed by atoms with E-state index in [2.05, 4.69) is 20.8 Å². The maximum atomic E-state index is 14.3. The van der Waals surface area contributed by atoms with Gasteiger partial charge in [0.25, 0.3) is 0 Å². The van der Waals surface area contributed by atoms with E-state index in [-0.39, 0.29) is 29.5 Å². The van der Waals surface area contributed by atoms with Gasteiger partial charge in [0.15, 0.2) is 5.96 Å². The Bertz CT molecular complexity index is 784. The molecule has 30 heavy (non-hydrogen) atoms. The fraction of sp³-hybridized carbons (Fsp3) is 0.524. The highest BCUT2D eigenvalue weighted by Crippen LogP contribution is 2.24. The molecule has 2 rings (SSSR count). The second kappa shape index (κ2) is 12.8. The quantitative estimate of drug-likeness (QED) is 0.288. The SMILES string of the molecule is CCNC(=NCc1c(CC)noc1CC)NCC(c1c(F)cccc1F)N(C)C.I. The predicted molar refractivity (Wildman–Crippen MR) is 126 cm³/mol. The van der Waals surface area contributed by atoms with E-state index in [0.29, 0.717) is 25.6 Å². The minimum atomic E-state index is -0.558. The number of hydrogen-bond donors (Lipinski definition) is 2. The van der Waals surface area contributed by atoms with Crippen LogP contribution >= 0.6 is 24.0 Å². The molecule has 0 amide bonds. The van der Waals surface area contributed by atoms with E-state index in [9.17, 15) is 8.78 Å². The summed E-state index contributed by atoms with van der Waals surface area (Å²) in [5.41, 5.74) is 1.94. The Balaban J connectivity index is 0.00000450. The van der Waals surface area contributed by atoms with Gasteiger partial charge in [0, 0.05) is 30.6 Å². The van der Waals surface area contributed by atoms with Crippen molar-refractivity contribution < 1.29 is 13.3 Å². The first-order valence-corrected chi connectivity index (χ1v) is 10.0. The molecular formula is C21H32F2IN5O. The lowest BCUT2D eigenvalue weighted by Crippen LogP contribution is -2.42. The van der Waals surface area contributed by atoms with Crippen molar-refractivity contribution in [2.75, 3.05) is 27.2 Å². The maximum absolute atomic E-state index is 14.3. The molecule has 0 spiro atoms. The van der Waals surface area contributed by atoms with Crippen LogP contribution in [0, 0.1) is 11.6 Å². The highest BCUT2D eigenvalue weighted by molar-refractivity contribution is 14.0. The molecule has 1 heterocycles. The van der Waals surface area contributed by atoms with Crippen molar-refractivity contribution in [1.29, 1.82) is 0 Å². The molecule has 2 N–H and O–H groups in total. The van der Waals surface area contributed by atoms with Crippen LogP contribution in [0.2, 0.25) is 0 Å². The van der Waals surface area contributed by atoms with Gasteiger partial charge in [0.1, 0.15) is 17.4 Å². The first-order valence-electron chi connectivity index (χ1n) is 10.0. The van der Waals surface area contributed by atoms with E-state index in [0.717, 1.165) is 29.9 Å². The van der Waals surface area contributed by atoms with Crippen molar-refractivity contribution in [3.05, 3.63) is 52.4 Å². The molecule has 0 aliphatic heterocycles. The summed E-state index contributed by atoms with van der Waals surface area (Å²) in [5.74, 6) is 0.289. The van der Waals surface area contributed by atoms with Crippen LogP contribution < -0.4 is 10.6 Å². The lowest BCUT2D eigenvalue weighted by molar-refractivity contribution is 0.282. The largest absolute Gasteiger partial charge is 0.361 e.